The van der Waals surface area contributed by atoms with Gasteiger partial charge >= 0.3 is 6.18 Å². The summed E-state index contributed by atoms with van der Waals surface area (Å²) >= 11 is 12.3. The highest BCUT2D eigenvalue weighted by Crippen LogP contribution is 2.46. The number of carbonyl (C=O) groups excluding carboxylic acids is 1. The molecule has 0 radical (unpaired) electrons. The molecule has 0 saturated heterocycles. The normalized spacial score (nSPS) is 16.9. The molecular formula is C25H27Cl2F3N2O3. The lowest BCUT2D eigenvalue weighted by molar-refractivity contribution is -0.141. The molecule has 190 valence electrons. The Kier molecular flexibility index (Phi) is 7.71. The number of aromatic hydroxyl groups is 2. The van der Waals surface area contributed by atoms with Crippen molar-refractivity contribution in [1.82, 2.24) is 9.88 Å². The van der Waals surface area contributed by atoms with E-state index in [1.165, 1.54) is 6.07 Å². The molecule has 35 heavy (non-hydrogen) atoms. The number of nitrogens with zero attached hydrogens (tertiary/aromatic N) is 2. The Balaban J connectivity index is 1.43. The van der Waals surface area contributed by atoms with Crippen molar-refractivity contribution in [1.29, 1.82) is 0 Å². The van der Waals surface area contributed by atoms with Gasteiger partial charge in [0.2, 0.25) is 5.91 Å². The molecule has 2 heterocycles. The zero-order valence-electron chi connectivity index (χ0n) is 19.1. The molecule has 1 saturated carbocycles. The number of hydrogen-bond donors (Lipinski definition) is 2. The van der Waals surface area contributed by atoms with Crippen LogP contribution < -0.4 is 0 Å². The van der Waals surface area contributed by atoms with Gasteiger partial charge in [0, 0.05) is 31.1 Å². The van der Waals surface area contributed by atoms with Crippen molar-refractivity contribution in [2.24, 2.45) is 0 Å². The van der Waals surface area contributed by atoms with Crippen LogP contribution >= 0.6 is 23.2 Å². The molecule has 2 N–H and O–H groups in total. The zero-order valence-corrected chi connectivity index (χ0v) is 20.6. The number of halogens is 5. The van der Waals surface area contributed by atoms with Crippen molar-refractivity contribution >= 4 is 29.1 Å². The molecule has 1 aromatic heterocycles. The summed E-state index contributed by atoms with van der Waals surface area (Å²) in [6, 6.07) is 2.54. The van der Waals surface area contributed by atoms with Crippen LogP contribution in [0.4, 0.5) is 13.2 Å². The summed E-state index contributed by atoms with van der Waals surface area (Å²) in [6.45, 7) is 0.553. The first-order valence-corrected chi connectivity index (χ1v) is 12.6. The van der Waals surface area contributed by atoms with Crippen LogP contribution in [0.5, 0.6) is 11.5 Å². The highest BCUT2D eigenvalue weighted by molar-refractivity contribution is 6.36. The minimum absolute atomic E-state index is 0.0198. The minimum atomic E-state index is -4.49. The summed E-state index contributed by atoms with van der Waals surface area (Å²) < 4.78 is 39.8. The SMILES string of the molecule is O=C(CCCc1ccc(C(F)(F)F)nc1C1CCCCC1)N1CCc2c(Cl)c(O)c(O)c(Cl)c2C1. The van der Waals surface area contributed by atoms with Gasteiger partial charge in [-0.25, -0.2) is 4.98 Å². The smallest absolute Gasteiger partial charge is 0.433 e. The van der Waals surface area contributed by atoms with Crippen molar-refractivity contribution < 1.29 is 28.2 Å². The summed E-state index contributed by atoms with van der Waals surface area (Å²) in [5.41, 5.74) is 1.56. The van der Waals surface area contributed by atoms with E-state index in [0.29, 0.717) is 42.6 Å². The lowest BCUT2D eigenvalue weighted by Gasteiger charge is -2.31. The predicted molar refractivity (Wildman–Crippen MR) is 127 cm³/mol. The lowest BCUT2D eigenvalue weighted by Crippen LogP contribution is -2.36. The van der Waals surface area contributed by atoms with Gasteiger partial charge in [-0.2, -0.15) is 13.2 Å². The van der Waals surface area contributed by atoms with Gasteiger partial charge in [-0.05, 0) is 54.9 Å². The van der Waals surface area contributed by atoms with Gasteiger partial charge in [0.1, 0.15) is 5.69 Å². The van der Waals surface area contributed by atoms with Gasteiger partial charge < -0.3 is 15.1 Å². The Bertz CT molecular complexity index is 1120. The Morgan fingerprint density at radius 2 is 1.71 bits per heavy atom. The number of hydrogen-bond acceptors (Lipinski definition) is 4. The minimum Gasteiger partial charge on any atom is -0.503 e. The quantitative estimate of drug-likeness (QED) is 0.418. The Hall–Kier alpha value is -2.19. The number of benzene rings is 1. The van der Waals surface area contributed by atoms with Gasteiger partial charge in [-0.15, -0.1) is 0 Å². The van der Waals surface area contributed by atoms with Crippen LogP contribution in [0.25, 0.3) is 0 Å². The van der Waals surface area contributed by atoms with Gasteiger partial charge in [0.15, 0.2) is 11.5 Å². The van der Waals surface area contributed by atoms with Gasteiger partial charge in [-0.1, -0.05) is 48.5 Å². The molecule has 1 aromatic carbocycles. The standard InChI is InChI=1S/C25H27Cl2F3N2O3/c26-20-16-11-12-32(13-17(16)21(27)24(35)23(20)34)19(33)8-4-7-15-9-10-18(25(28,29)30)31-22(15)14-5-2-1-3-6-14/h9-10,14,34-35H,1-8,11-13H2. The van der Waals surface area contributed by atoms with E-state index in [-0.39, 0.29) is 34.8 Å². The summed E-state index contributed by atoms with van der Waals surface area (Å²) in [7, 11) is 0. The molecule has 2 aliphatic rings. The third-order valence-electron chi connectivity index (χ3n) is 7.00. The van der Waals surface area contributed by atoms with Crippen molar-refractivity contribution in [2.75, 3.05) is 6.54 Å². The van der Waals surface area contributed by atoms with Crippen LogP contribution in [0.3, 0.4) is 0 Å². The zero-order chi connectivity index (χ0) is 25.3. The molecule has 1 amide bonds. The Morgan fingerprint density at radius 1 is 1.06 bits per heavy atom. The van der Waals surface area contributed by atoms with Crippen LogP contribution in [-0.2, 0) is 30.4 Å². The second-order valence-corrected chi connectivity index (χ2v) is 10.0. The highest BCUT2D eigenvalue weighted by atomic mass is 35.5. The molecular weight excluding hydrogens is 504 g/mol. The summed E-state index contributed by atoms with van der Waals surface area (Å²) in [5, 5.41) is 19.9. The topological polar surface area (TPSA) is 73.7 Å². The van der Waals surface area contributed by atoms with Crippen molar-refractivity contribution in [3.8, 4) is 11.5 Å². The van der Waals surface area contributed by atoms with Gasteiger partial charge in [-0.3, -0.25) is 4.79 Å². The number of fused-ring (bicyclic) bond motifs is 1. The fraction of sp³-hybridized carbons (Fsp3) is 0.520. The van der Waals surface area contributed by atoms with Crippen LogP contribution in [0.1, 0.15) is 78.9 Å². The van der Waals surface area contributed by atoms with E-state index in [1.807, 2.05) is 0 Å². The second-order valence-electron chi connectivity index (χ2n) is 9.27. The first-order valence-electron chi connectivity index (χ1n) is 11.8. The summed E-state index contributed by atoms with van der Waals surface area (Å²) in [6.07, 6.45) is 1.78. The summed E-state index contributed by atoms with van der Waals surface area (Å²) in [4.78, 5) is 18.5. The third kappa shape index (κ3) is 5.48. The molecule has 1 aliphatic carbocycles. The second kappa shape index (κ2) is 10.4. The maximum absolute atomic E-state index is 13.3. The Morgan fingerprint density at radius 3 is 2.37 bits per heavy atom. The van der Waals surface area contributed by atoms with E-state index in [9.17, 15) is 28.2 Å². The number of phenols is 2. The molecule has 4 rings (SSSR count). The fourth-order valence-electron chi connectivity index (χ4n) is 5.10. The number of rotatable bonds is 5. The van der Waals surface area contributed by atoms with Crippen molar-refractivity contribution in [3.63, 3.8) is 0 Å². The lowest BCUT2D eigenvalue weighted by atomic mass is 9.84. The number of phenolic OH excluding ortho intramolecular Hbond substituents is 2. The molecule has 10 heteroatoms. The van der Waals surface area contributed by atoms with Crippen molar-refractivity contribution in [2.45, 2.75) is 76.4 Å². The number of aromatic nitrogens is 1. The molecule has 1 aliphatic heterocycles. The average Bonchev–Trinajstić information content (AvgIpc) is 2.85. The molecule has 5 nitrogen and oxygen atoms in total. The molecule has 0 bridgehead atoms. The van der Waals surface area contributed by atoms with Crippen LogP contribution in [0.2, 0.25) is 10.0 Å². The monoisotopic (exact) mass is 530 g/mol. The fourth-order valence-corrected chi connectivity index (χ4v) is 5.67. The summed E-state index contributed by atoms with van der Waals surface area (Å²) in [5.74, 6) is -1.07. The largest absolute Gasteiger partial charge is 0.503 e. The first kappa shape index (κ1) is 25.9. The van der Waals surface area contributed by atoms with Crippen LogP contribution in [0.15, 0.2) is 12.1 Å². The van der Waals surface area contributed by atoms with E-state index in [0.717, 1.165) is 43.7 Å². The van der Waals surface area contributed by atoms with E-state index < -0.39 is 23.4 Å². The van der Waals surface area contributed by atoms with E-state index in [2.05, 4.69) is 4.98 Å². The van der Waals surface area contributed by atoms with Gasteiger partial charge in [0.25, 0.3) is 0 Å². The van der Waals surface area contributed by atoms with E-state index >= 15 is 0 Å². The number of amides is 1. The third-order valence-corrected chi connectivity index (χ3v) is 7.81. The molecule has 1 fully saturated rings. The average molecular weight is 531 g/mol. The maximum Gasteiger partial charge on any atom is 0.433 e. The molecule has 0 spiro atoms. The van der Waals surface area contributed by atoms with E-state index in [1.54, 1.807) is 4.90 Å². The number of aryl methyl sites for hydroxylation is 1. The maximum atomic E-state index is 13.3. The van der Waals surface area contributed by atoms with E-state index in [4.69, 9.17) is 23.2 Å². The first-order chi connectivity index (χ1) is 16.6. The molecule has 0 unspecified atom stereocenters. The van der Waals surface area contributed by atoms with Crippen LogP contribution in [0, 0.1) is 0 Å². The highest BCUT2D eigenvalue weighted by Gasteiger charge is 2.34. The predicted octanol–water partition coefficient (Wildman–Crippen LogP) is 6.77. The van der Waals surface area contributed by atoms with Gasteiger partial charge in [0.05, 0.1) is 10.0 Å². The molecule has 0 atom stereocenters. The Labute approximate surface area is 211 Å². The molecule has 2 aromatic rings. The number of carbonyl (C=O) groups is 1. The number of alkyl halides is 3. The van der Waals surface area contributed by atoms with Crippen LogP contribution in [-0.4, -0.2) is 32.5 Å². The van der Waals surface area contributed by atoms with Crippen molar-refractivity contribution in [3.05, 3.63) is 50.3 Å². The number of pyridine rings is 1.